The van der Waals surface area contributed by atoms with E-state index in [0.29, 0.717) is 13.1 Å². The predicted octanol–water partition coefficient (Wildman–Crippen LogP) is 4.06. The number of hydrogen-bond donors (Lipinski definition) is 1. The molecule has 2 rings (SSSR count). The van der Waals surface area contributed by atoms with E-state index in [-0.39, 0.29) is 35.5 Å². The van der Waals surface area contributed by atoms with Crippen molar-refractivity contribution in [2.45, 2.75) is 12.2 Å². The van der Waals surface area contributed by atoms with Crippen LogP contribution in [0.25, 0.3) is 0 Å². The molecular formula is C12H13Cl3F4N2. The smallest absolute Gasteiger partial charge is 0.314 e. The van der Waals surface area contributed by atoms with Gasteiger partial charge in [0.25, 0.3) is 0 Å². The summed E-state index contributed by atoms with van der Waals surface area (Å²) >= 11 is 11.5. The molecule has 0 amide bonds. The highest BCUT2D eigenvalue weighted by Crippen LogP contribution is 2.43. The first kappa shape index (κ1) is 18.8. The van der Waals surface area contributed by atoms with Crippen LogP contribution >= 0.6 is 35.6 Å². The lowest BCUT2D eigenvalue weighted by Gasteiger charge is -2.36. The highest BCUT2D eigenvalue weighted by Gasteiger charge is 2.47. The van der Waals surface area contributed by atoms with Gasteiger partial charge < -0.3 is 5.32 Å². The Kier molecular flexibility index (Phi) is 6.55. The Bertz CT molecular complexity index is 490. The molecule has 1 fully saturated rings. The fourth-order valence-corrected chi connectivity index (χ4v) is 2.71. The second kappa shape index (κ2) is 7.33. The van der Waals surface area contributed by atoms with Crippen LogP contribution in [-0.4, -0.2) is 37.3 Å². The molecule has 2 nitrogen and oxygen atoms in total. The van der Waals surface area contributed by atoms with Crippen molar-refractivity contribution in [1.29, 1.82) is 0 Å². The summed E-state index contributed by atoms with van der Waals surface area (Å²) in [5.41, 5.74) is -0.603. The topological polar surface area (TPSA) is 15.3 Å². The van der Waals surface area contributed by atoms with Gasteiger partial charge in [-0.15, -0.1) is 12.4 Å². The van der Waals surface area contributed by atoms with Gasteiger partial charge in [0.05, 0.1) is 10.0 Å². The molecule has 0 bridgehead atoms. The van der Waals surface area contributed by atoms with Crippen molar-refractivity contribution >= 4 is 35.6 Å². The first-order valence-electron chi connectivity index (χ1n) is 5.97. The lowest BCUT2D eigenvalue weighted by molar-refractivity contribution is -0.188. The van der Waals surface area contributed by atoms with Crippen LogP contribution in [0.4, 0.5) is 17.6 Å². The van der Waals surface area contributed by atoms with Gasteiger partial charge in [-0.25, -0.2) is 4.39 Å². The first-order chi connectivity index (χ1) is 9.32. The average Bonchev–Trinajstić information content (AvgIpc) is 2.39. The molecule has 1 N–H and O–H groups in total. The zero-order valence-corrected chi connectivity index (χ0v) is 13.0. The number of hydrogen-bond acceptors (Lipinski definition) is 2. The standard InChI is InChI=1S/C12H12Cl2F4N2.ClH/c13-7-1-2-8(15)9(10(7)14)11(12(16,17)18)20-5-3-19-4-6-20;/h1-2,11,19H,3-6H2;1H/t11-;/m1./s1. The Balaban J connectivity index is 0.00000220. The van der Waals surface area contributed by atoms with E-state index in [4.69, 9.17) is 23.2 Å². The molecule has 0 aromatic heterocycles. The maximum Gasteiger partial charge on any atom is 0.408 e. The fourth-order valence-electron chi connectivity index (χ4n) is 2.29. The molecule has 1 aromatic carbocycles. The average molecular weight is 368 g/mol. The molecule has 0 saturated carbocycles. The van der Waals surface area contributed by atoms with Crippen LogP contribution in [0, 0.1) is 5.82 Å². The van der Waals surface area contributed by atoms with E-state index < -0.39 is 23.6 Å². The predicted molar refractivity (Wildman–Crippen MR) is 76.9 cm³/mol. The molecule has 0 aliphatic carbocycles. The number of benzene rings is 1. The molecule has 21 heavy (non-hydrogen) atoms. The van der Waals surface area contributed by atoms with Crippen molar-refractivity contribution in [3.63, 3.8) is 0 Å². The quantitative estimate of drug-likeness (QED) is 0.626. The monoisotopic (exact) mass is 366 g/mol. The lowest BCUT2D eigenvalue weighted by atomic mass is 10.0. The Hall–Kier alpha value is -0.270. The van der Waals surface area contributed by atoms with Gasteiger partial charge in [-0.05, 0) is 12.1 Å². The first-order valence-corrected chi connectivity index (χ1v) is 6.73. The molecule has 0 radical (unpaired) electrons. The van der Waals surface area contributed by atoms with Crippen LogP contribution in [-0.2, 0) is 0 Å². The number of nitrogens with zero attached hydrogens (tertiary/aromatic N) is 1. The maximum absolute atomic E-state index is 13.9. The number of nitrogens with one attached hydrogen (secondary N) is 1. The third kappa shape index (κ3) is 4.13. The minimum absolute atomic E-state index is 0. The second-order valence-electron chi connectivity index (χ2n) is 4.49. The summed E-state index contributed by atoms with van der Waals surface area (Å²) in [4.78, 5) is 1.16. The van der Waals surface area contributed by atoms with Crippen LogP contribution in [0.1, 0.15) is 11.6 Å². The van der Waals surface area contributed by atoms with Crippen molar-refractivity contribution in [2.24, 2.45) is 0 Å². The molecule has 1 aliphatic heterocycles. The summed E-state index contributed by atoms with van der Waals surface area (Å²) < 4.78 is 53.9. The molecule has 1 saturated heterocycles. The van der Waals surface area contributed by atoms with Gasteiger partial charge in [0.15, 0.2) is 0 Å². The molecular weight excluding hydrogens is 354 g/mol. The molecule has 0 unspecified atom stereocenters. The van der Waals surface area contributed by atoms with Gasteiger partial charge in [0.1, 0.15) is 11.9 Å². The highest BCUT2D eigenvalue weighted by molar-refractivity contribution is 6.42. The Labute approximate surface area is 135 Å². The molecule has 120 valence electrons. The van der Waals surface area contributed by atoms with E-state index in [0.717, 1.165) is 17.0 Å². The fraction of sp³-hybridized carbons (Fsp3) is 0.500. The second-order valence-corrected chi connectivity index (χ2v) is 5.27. The Morgan fingerprint density at radius 2 is 1.71 bits per heavy atom. The summed E-state index contributed by atoms with van der Waals surface area (Å²) in [6.45, 7) is 1.14. The minimum Gasteiger partial charge on any atom is -0.314 e. The van der Waals surface area contributed by atoms with Crippen molar-refractivity contribution in [3.05, 3.63) is 33.6 Å². The Morgan fingerprint density at radius 1 is 1.14 bits per heavy atom. The third-order valence-corrected chi connectivity index (χ3v) is 4.00. The number of alkyl halides is 3. The number of halogens is 7. The lowest BCUT2D eigenvalue weighted by Crippen LogP contribution is -2.49. The summed E-state index contributed by atoms with van der Waals surface area (Å²) in [5.74, 6) is -1.000. The summed E-state index contributed by atoms with van der Waals surface area (Å²) in [5, 5.41) is 2.48. The molecule has 0 spiro atoms. The van der Waals surface area contributed by atoms with Gasteiger partial charge >= 0.3 is 6.18 Å². The van der Waals surface area contributed by atoms with E-state index in [1.165, 1.54) is 0 Å². The van der Waals surface area contributed by atoms with Crippen LogP contribution in [0.5, 0.6) is 0 Å². The SMILES string of the molecule is Cl.Fc1ccc(Cl)c(Cl)c1[C@@H](N1CCNCC1)C(F)(F)F. The summed E-state index contributed by atoms with van der Waals surface area (Å²) in [6, 6.07) is -0.0333. The van der Waals surface area contributed by atoms with E-state index in [2.05, 4.69) is 5.32 Å². The van der Waals surface area contributed by atoms with Gasteiger partial charge in [-0.1, -0.05) is 23.2 Å². The third-order valence-electron chi connectivity index (χ3n) is 3.18. The largest absolute Gasteiger partial charge is 0.408 e. The van der Waals surface area contributed by atoms with Crippen LogP contribution in [0.2, 0.25) is 10.0 Å². The van der Waals surface area contributed by atoms with Gasteiger partial charge in [-0.3, -0.25) is 4.90 Å². The zero-order chi connectivity index (χ0) is 14.9. The van der Waals surface area contributed by atoms with Crippen molar-refractivity contribution in [2.75, 3.05) is 26.2 Å². The highest BCUT2D eigenvalue weighted by atomic mass is 35.5. The number of rotatable bonds is 2. The van der Waals surface area contributed by atoms with Gasteiger partial charge in [0.2, 0.25) is 0 Å². The van der Waals surface area contributed by atoms with Crippen molar-refractivity contribution in [3.8, 4) is 0 Å². The van der Waals surface area contributed by atoms with Crippen molar-refractivity contribution < 1.29 is 17.6 Å². The molecule has 1 heterocycles. The zero-order valence-electron chi connectivity index (χ0n) is 10.7. The number of piperazine rings is 1. The van der Waals surface area contributed by atoms with Gasteiger partial charge in [0, 0.05) is 31.7 Å². The summed E-state index contributed by atoms with van der Waals surface area (Å²) in [6.07, 6.45) is -4.63. The van der Waals surface area contributed by atoms with E-state index in [1.54, 1.807) is 0 Å². The molecule has 9 heteroatoms. The van der Waals surface area contributed by atoms with Gasteiger partial charge in [-0.2, -0.15) is 13.2 Å². The molecule has 1 aliphatic rings. The van der Waals surface area contributed by atoms with E-state index in [9.17, 15) is 17.6 Å². The Morgan fingerprint density at radius 3 is 2.24 bits per heavy atom. The van der Waals surface area contributed by atoms with Crippen molar-refractivity contribution in [1.82, 2.24) is 10.2 Å². The van der Waals surface area contributed by atoms with Crippen LogP contribution in [0.3, 0.4) is 0 Å². The van der Waals surface area contributed by atoms with Crippen LogP contribution in [0.15, 0.2) is 12.1 Å². The molecule has 1 atom stereocenters. The summed E-state index contributed by atoms with van der Waals surface area (Å²) in [7, 11) is 0. The normalized spacial score (nSPS) is 18.2. The van der Waals surface area contributed by atoms with E-state index >= 15 is 0 Å². The van der Waals surface area contributed by atoms with Crippen LogP contribution < -0.4 is 5.32 Å². The maximum atomic E-state index is 13.9. The van der Waals surface area contributed by atoms with E-state index in [1.807, 2.05) is 0 Å². The molecule has 1 aromatic rings. The minimum atomic E-state index is -4.63.